The molecule has 2 rings (SSSR count). The summed E-state index contributed by atoms with van der Waals surface area (Å²) in [4.78, 5) is 7.66. The van der Waals surface area contributed by atoms with Crippen LogP contribution in [0.15, 0.2) is 0 Å². The highest BCUT2D eigenvalue weighted by Crippen LogP contribution is 2.18. The van der Waals surface area contributed by atoms with Crippen LogP contribution in [0.25, 0.3) is 0 Å². The lowest BCUT2D eigenvalue weighted by Crippen LogP contribution is -2.50. The minimum Gasteiger partial charge on any atom is -0.347 e. The van der Waals surface area contributed by atoms with Crippen LogP contribution < -0.4 is 0 Å². The summed E-state index contributed by atoms with van der Waals surface area (Å²) in [7, 11) is 4.64. The van der Waals surface area contributed by atoms with E-state index in [9.17, 15) is 0 Å². The summed E-state index contributed by atoms with van der Waals surface area (Å²) in [5.74, 6) is 1.61. The lowest BCUT2D eigenvalue weighted by Gasteiger charge is -2.39. The van der Waals surface area contributed by atoms with Gasteiger partial charge >= 0.3 is 0 Å². The van der Waals surface area contributed by atoms with Crippen molar-refractivity contribution >= 4 is 14.8 Å². The van der Waals surface area contributed by atoms with Crippen molar-refractivity contribution in [3.63, 3.8) is 0 Å². The predicted molar refractivity (Wildman–Crippen MR) is 84.8 cm³/mol. The molecule has 3 nitrogen and oxygen atoms in total. The topological polar surface area (TPSA) is 9.72 Å². The molecule has 0 aromatic rings. The quantitative estimate of drug-likeness (QED) is 0.693. The van der Waals surface area contributed by atoms with Gasteiger partial charge in [0.05, 0.1) is 0 Å². The summed E-state index contributed by atoms with van der Waals surface area (Å²) in [6.07, 6.45) is 2.76. The summed E-state index contributed by atoms with van der Waals surface area (Å²) in [6.45, 7) is 15.5. The van der Waals surface area contributed by atoms with Gasteiger partial charge in [-0.3, -0.25) is 0 Å². The van der Waals surface area contributed by atoms with Gasteiger partial charge < -0.3 is 14.5 Å². The third-order valence-electron chi connectivity index (χ3n) is 4.45. The van der Waals surface area contributed by atoms with E-state index in [1.165, 1.54) is 58.7 Å². The van der Waals surface area contributed by atoms with Crippen LogP contribution in [-0.2, 0) is 0 Å². The van der Waals surface area contributed by atoms with E-state index in [0.29, 0.717) is 5.82 Å². The summed E-state index contributed by atoms with van der Waals surface area (Å²) in [6, 6.07) is 0. The summed E-state index contributed by atoms with van der Waals surface area (Å²) in [5, 5.41) is 0. The molecule has 2 saturated heterocycles. The predicted octanol–water partition coefficient (Wildman–Crippen LogP) is 1.43. The minimum atomic E-state index is 0.682. The zero-order chi connectivity index (χ0) is 13.7. The first-order valence-corrected chi connectivity index (χ1v) is 8.02. The van der Waals surface area contributed by atoms with Crippen molar-refractivity contribution in [3.05, 3.63) is 0 Å². The number of piperazine rings is 1. The molecule has 0 unspecified atom stereocenters. The standard InChI is InChI=1S/C14H29B2N3/c1-13(2)16-19-10-8-17(9-11-19)12-14-4-6-18(15-3)7-5-14/h13-14H,4-12H2,1-3H3. The molecule has 0 aromatic carbocycles. The van der Waals surface area contributed by atoms with E-state index in [-0.39, 0.29) is 0 Å². The molecule has 0 bridgehead atoms. The van der Waals surface area contributed by atoms with E-state index < -0.39 is 0 Å². The highest BCUT2D eigenvalue weighted by molar-refractivity contribution is 6.33. The van der Waals surface area contributed by atoms with Gasteiger partial charge in [0.15, 0.2) is 0 Å². The Balaban J connectivity index is 1.63. The van der Waals surface area contributed by atoms with E-state index in [4.69, 9.17) is 0 Å². The molecule has 0 saturated carbocycles. The molecule has 0 amide bonds. The number of hydrogen-bond acceptors (Lipinski definition) is 3. The van der Waals surface area contributed by atoms with Crippen LogP contribution in [0.1, 0.15) is 26.7 Å². The van der Waals surface area contributed by atoms with Gasteiger partial charge in [0.2, 0.25) is 14.8 Å². The Labute approximate surface area is 121 Å². The molecule has 0 aliphatic carbocycles. The number of piperidine rings is 1. The van der Waals surface area contributed by atoms with Crippen molar-refractivity contribution in [3.8, 4) is 0 Å². The molecule has 2 fully saturated rings. The Kier molecular flexibility index (Phi) is 6.24. The van der Waals surface area contributed by atoms with Crippen LogP contribution in [-0.4, -0.2) is 75.2 Å². The highest BCUT2D eigenvalue weighted by Gasteiger charge is 2.23. The van der Waals surface area contributed by atoms with Gasteiger partial charge in [-0.2, -0.15) is 0 Å². The maximum absolute atomic E-state index is 2.68. The molecule has 2 radical (unpaired) electrons. The molecule has 5 heteroatoms. The van der Waals surface area contributed by atoms with E-state index in [2.05, 4.69) is 50.0 Å². The summed E-state index contributed by atoms with van der Waals surface area (Å²) >= 11 is 0. The van der Waals surface area contributed by atoms with Gasteiger partial charge in [-0.05, 0) is 44.9 Å². The molecular formula is C14H29B2N3. The lowest BCUT2D eigenvalue weighted by atomic mass is 9.76. The fourth-order valence-electron chi connectivity index (χ4n) is 3.28. The number of hydrogen-bond donors (Lipinski definition) is 0. The fraction of sp³-hybridized carbons (Fsp3) is 1.00. The fourth-order valence-corrected chi connectivity index (χ4v) is 3.28. The highest BCUT2D eigenvalue weighted by atomic mass is 15.2. The molecule has 2 aliphatic heterocycles. The van der Waals surface area contributed by atoms with Gasteiger partial charge in [0, 0.05) is 19.6 Å². The van der Waals surface area contributed by atoms with Crippen molar-refractivity contribution in [1.29, 1.82) is 0 Å². The van der Waals surface area contributed by atoms with Crippen molar-refractivity contribution in [1.82, 2.24) is 14.5 Å². The SMILES string of the molecule is C[B]N1CCC(CN2CCN([B]C(C)C)CC2)CC1. The van der Waals surface area contributed by atoms with Crippen LogP contribution in [0.3, 0.4) is 0 Å². The van der Waals surface area contributed by atoms with E-state index in [1.54, 1.807) is 0 Å². The smallest absolute Gasteiger partial charge is 0.211 e. The maximum Gasteiger partial charge on any atom is 0.211 e. The van der Waals surface area contributed by atoms with Crippen molar-refractivity contribution in [2.45, 2.75) is 39.3 Å². The maximum atomic E-state index is 2.68. The molecule has 19 heavy (non-hydrogen) atoms. The Morgan fingerprint density at radius 2 is 1.58 bits per heavy atom. The van der Waals surface area contributed by atoms with Crippen LogP contribution in [0.4, 0.5) is 0 Å². The third-order valence-corrected chi connectivity index (χ3v) is 4.45. The Hall–Kier alpha value is 0.00987. The van der Waals surface area contributed by atoms with Crippen LogP contribution in [0.2, 0.25) is 12.6 Å². The normalized spacial score (nSPS) is 24.8. The largest absolute Gasteiger partial charge is 0.347 e. The first-order chi connectivity index (χ1) is 9.17. The van der Waals surface area contributed by atoms with Gasteiger partial charge in [-0.25, -0.2) is 0 Å². The van der Waals surface area contributed by atoms with Gasteiger partial charge in [-0.15, -0.1) is 0 Å². The monoisotopic (exact) mass is 261 g/mol. The van der Waals surface area contributed by atoms with Crippen LogP contribution in [0.5, 0.6) is 0 Å². The Morgan fingerprint density at radius 3 is 2.11 bits per heavy atom. The molecule has 0 atom stereocenters. The Bertz CT molecular complexity index is 247. The lowest BCUT2D eigenvalue weighted by molar-refractivity contribution is 0.141. The average molecular weight is 261 g/mol. The zero-order valence-corrected chi connectivity index (χ0v) is 13.0. The molecule has 2 aliphatic rings. The second kappa shape index (κ2) is 7.70. The molecule has 106 valence electrons. The van der Waals surface area contributed by atoms with Gasteiger partial charge in [-0.1, -0.05) is 26.5 Å². The summed E-state index contributed by atoms with van der Waals surface area (Å²) < 4.78 is 0. The molecular weight excluding hydrogens is 232 g/mol. The third kappa shape index (κ3) is 5.13. The summed E-state index contributed by atoms with van der Waals surface area (Å²) in [5.41, 5.74) is 0. The number of nitrogens with zero attached hydrogens (tertiary/aromatic N) is 3. The molecule has 0 N–H and O–H groups in total. The second-order valence-corrected chi connectivity index (χ2v) is 6.47. The van der Waals surface area contributed by atoms with Gasteiger partial charge in [0.1, 0.15) is 0 Å². The van der Waals surface area contributed by atoms with E-state index in [0.717, 1.165) is 5.92 Å². The first-order valence-electron chi connectivity index (χ1n) is 8.02. The molecule has 0 aromatic heterocycles. The molecule has 0 spiro atoms. The van der Waals surface area contributed by atoms with Crippen LogP contribution >= 0.6 is 0 Å². The zero-order valence-electron chi connectivity index (χ0n) is 13.0. The van der Waals surface area contributed by atoms with Crippen molar-refractivity contribution in [2.75, 3.05) is 45.8 Å². The Morgan fingerprint density at radius 1 is 0.947 bits per heavy atom. The van der Waals surface area contributed by atoms with E-state index in [1.807, 2.05) is 0 Å². The average Bonchev–Trinajstić information content (AvgIpc) is 2.41. The first kappa shape index (κ1) is 15.4. The number of rotatable bonds is 5. The van der Waals surface area contributed by atoms with Crippen molar-refractivity contribution in [2.24, 2.45) is 5.92 Å². The van der Waals surface area contributed by atoms with Crippen molar-refractivity contribution < 1.29 is 0 Å². The minimum absolute atomic E-state index is 0.682. The van der Waals surface area contributed by atoms with Gasteiger partial charge in [0.25, 0.3) is 0 Å². The molecule has 2 heterocycles. The second-order valence-electron chi connectivity index (χ2n) is 6.47. The van der Waals surface area contributed by atoms with E-state index >= 15 is 0 Å². The van der Waals surface area contributed by atoms with Crippen LogP contribution in [0, 0.1) is 5.92 Å².